The standard InChI is InChI=1S/C30H26Cl2F2N6O/c31-18-4-6-21-26(14-18)40(28-24(33)2-1-3-25(28)34)13-8-17-16-36-30(38-27(17)21)37-20-5-7-23(32)22(15-20)29(41)39-11-9-19(35)10-12-39/h1-7,14-16,19H,8-13,35H2,(H,36,37,38). The number of para-hydroxylation sites is 1. The fraction of sp³-hybridized carbons (Fsp3) is 0.233. The molecular formula is C30H26Cl2F2N6O. The Bertz CT molecular complexity index is 1620. The summed E-state index contributed by atoms with van der Waals surface area (Å²) in [6.45, 7) is 1.46. The van der Waals surface area contributed by atoms with Gasteiger partial charge in [-0.1, -0.05) is 29.3 Å². The van der Waals surface area contributed by atoms with Crippen molar-refractivity contribution in [3.8, 4) is 11.3 Å². The quantitative estimate of drug-likeness (QED) is 0.272. The van der Waals surface area contributed by atoms with Gasteiger partial charge in [0, 0.05) is 48.1 Å². The zero-order chi connectivity index (χ0) is 28.7. The fourth-order valence-electron chi connectivity index (χ4n) is 5.31. The fourth-order valence-corrected chi connectivity index (χ4v) is 5.68. The number of likely N-dealkylation sites (tertiary alicyclic amines) is 1. The van der Waals surface area contributed by atoms with Crippen molar-refractivity contribution in [2.75, 3.05) is 29.9 Å². The minimum atomic E-state index is -0.671. The number of benzene rings is 3. The van der Waals surface area contributed by atoms with Crippen LogP contribution in [0.1, 0.15) is 28.8 Å². The average molecular weight is 595 g/mol. The third-order valence-electron chi connectivity index (χ3n) is 7.46. The van der Waals surface area contributed by atoms with Gasteiger partial charge in [-0.2, -0.15) is 0 Å². The van der Waals surface area contributed by atoms with Gasteiger partial charge in [-0.3, -0.25) is 4.79 Å². The molecular weight excluding hydrogens is 569 g/mol. The van der Waals surface area contributed by atoms with Gasteiger partial charge in [0.05, 0.1) is 22.0 Å². The zero-order valence-electron chi connectivity index (χ0n) is 21.9. The lowest BCUT2D eigenvalue weighted by atomic mass is 10.0. The lowest BCUT2D eigenvalue weighted by Crippen LogP contribution is -2.42. The molecule has 3 aromatic carbocycles. The maximum absolute atomic E-state index is 14.9. The summed E-state index contributed by atoms with van der Waals surface area (Å²) in [5, 5.41) is 3.96. The molecule has 0 radical (unpaired) electrons. The van der Waals surface area contributed by atoms with Crippen molar-refractivity contribution in [3.05, 3.63) is 93.6 Å². The van der Waals surface area contributed by atoms with E-state index >= 15 is 0 Å². The van der Waals surface area contributed by atoms with Crippen LogP contribution in [0.15, 0.2) is 60.8 Å². The Balaban J connectivity index is 1.34. The van der Waals surface area contributed by atoms with Crippen LogP contribution in [0.3, 0.4) is 0 Å². The van der Waals surface area contributed by atoms with E-state index in [0.717, 1.165) is 18.4 Å². The van der Waals surface area contributed by atoms with Crippen LogP contribution >= 0.6 is 23.2 Å². The lowest BCUT2D eigenvalue weighted by Gasteiger charge is -2.30. The zero-order valence-corrected chi connectivity index (χ0v) is 23.4. The molecule has 2 aliphatic rings. The molecule has 41 heavy (non-hydrogen) atoms. The number of nitrogens with one attached hydrogen (secondary N) is 1. The summed E-state index contributed by atoms with van der Waals surface area (Å²) in [5.74, 6) is -1.20. The number of nitrogens with two attached hydrogens (primary N) is 1. The highest BCUT2D eigenvalue weighted by atomic mass is 35.5. The predicted molar refractivity (Wildman–Crippen MR) is 157 cm³/mol. The van der Waals surface area contributed by atoms with E-state index < -0.39 is 11.6 Å². The molecule has 0 saturated carbocycles. The molecule has 11 heteroatoms. The minimum absolute atomic E-state index is 0.104. The summed E-state index contributed by atoms with van der Waals surface area (Å²) < 4.78 is 29.7. The third kappa shape index (κ3) is 5.45. The van der Waals surface area contributed by atoms with Gasteiger partial charge >= 0.3 is 0 Å². The van der Waals surface area contributed by atoms with Crippen LogP contribution in [0.4, 0.5) is 31.8 Å². The molecule has 6 rings (SSSR count). The first-order valence-electron chi connectivity index (χ1n) is 13.3. The summed E-state index contributed by atoms with van der Waals surface area (Å²) in [7, 11) is 0. The molecule has 4 aromatic rings. The average Bonchev–Trinajstić information content (AvgIpc) is 3.10. The summed E-state index contributed by atoms with van der Waals surface area (Å²) in [5.41, 5.74) is 9.43. The number of hydrogen-bond donors (Lipinski definition) is 2. The number of amides is 1. The second kappa shape index (κ2) is 11.2. The number of rotatable bonds is 4. The molecule has 7 nitrogen and oxygen atoms in total. The molecule has 210 valence electrons. The van der Waals surface area contributed by atoms with E-state index in [2.05, 4.69) is 10.3 Å². The van der Waals surface area contributed by atoms with E-state index in [1.54, 1.807) is 52.4 Å². The van der Waals surface area contributed by atoms with E-state index in [1.807, 2.05) is 0 Å². The van der Waals surface area contributed by atoms with Crippen LogP contribution < -0.4 is 16.0 Å². The number of hydrogen-bond acceptors (Lipinski definition) is 6. The Kier molecular flexibility index (Phi) is 7.50. The van der Waals surface area contributed by atoms with Gasteiger partial charge in [0.25, 0.3) is 5.91 Å². The van der Waals surface area contributed by atoms with Gasteiger partial charge in [0.15, 0.2) is 0 Å². The summed E-state index contributed by atoms with van der Waals surface area (Å²) >= 11 is 12.7. The van der Waals surface area contributed by atoms with Crippen molar-refractivity contribution in [2.24, 2.45) is 5.73 Å². The van der Waals surface area contributed by atoms with Gasteiger partial charge in [-0.05, 0) is 73.4 Å². The maximum atomic E-state index is 14.9. The van der Waals surface area contributed by atoms with Gasteiger partial charge in [-0.15, -0.1) is 0 Å². The predicted octanol–water partition coefficient (Wildman–Crippen LogP) is 6.73. The highest BCUT2D eigenvalue weighted by Crippen LogP contribution is 2.42. The van der Waals surface area contributed by atoms with Gasteiger partial charge in [0.2, 0.25) is 5.95 Å². The first-order chi connectivity index (χ1) is 19.8. The number of piperidine rings is 1. The molecule has 0 unspecified atom stereocenters. The monoisotopic (exact) mass is 594 g/mol. The Morgan fingerprint density at radius 1 is 1.00 bits per heavy atom. The topological polar surface area (TPSA) is 87.4 Å². The van der Waals surface area contributed by atoms with E-state index in [1.165, 1.54) is 18.2 Å². The third-order valence-corrected chi connectivity index (χ3v) is 8.03. The van der Waals surface area contributed by atoms with Crippen molar-refractivity contribution in [3.63, 3.8) is 0 Å². The maximum Gasteiger partial charge on any atom is 0.255 e. The van der Waals surface area contributed by atoms with Gasteiger partial charge in [-0.25, -0.2) is 18.7 Å². The SMILES string of the molecule is NC1CCN(C(=O)c2cc(Nc3ncc4c(n3)-c3ccc(Cl)cc3N(c3c(F)cccc3F)CC4)ccc2Cl)CC1. The van der Waals surface area contributed by atoms with E-state index in [0.29, 0.717) is 70.2 Å². The van der Waals surface area contributed by atoms with E-state index in [4.69, 9.17) is 33.9 Å². The number of carbonyl (C=O) groups is 1. The Hall–Kier alpha value is -3.79. The molecule has 1 amide bonds. The van der Waals surface area contributed by atoms with Crippen LogP contribution in [-0.4, -0.2) is 46.5 Å². The minimum Gasteiger partial charge on any atom is -0.338 e. The number of fused-ring (bicyclic) bond motifs is 3. The van der Waals surface area contributed by atoms with Crippen molar-refractivity contribution in [1.82, 2.24) is 14.9 Å². The number of carbonyl (C=O) groups excluding carboxylic acids is 1. The molecule has 0 atom stereocenters. The van der Waals surface area contributed by atoms with Crippen LogP contribution in [0.2, 0.25) is 10.0 Å². The molecule has 1 aromatic heterocycles. The van der Waals surface area contributed by atoms with Crippen LogP contribution in [0.25, 0.3) is 11.3 Å². The van der Waals surface area contributed by atoms with Gasteiger partial charge < -0.3 is 20.9 Å². The first kappa shape index (κ1) is 27.4. The van der Waals surface area contributed by atoms with Crippen molar-refractivity contribution in [2.45, 2.75) is 25.3 Å². The lowest BCUT2D eigenvalue weighted by molar-refractivity contribution is 0.0715. The smallest absolute Gasteiger partial charge is 0.255 e. The molecule has 1 saturated heterocycles. The largest absolute Gasteiger partial charge is 0.338 e. The van der Waals surface area contributed by atoms with Crippen LogP contribution in [0, 0.1) is 11.6 Å². The van der Waals surface area contributed by atoms with E-state index in [9.17, 15) is 13.6 Å². The highest BCUT2D eigenvalue weighted by molar-refractivity contribution is 6.34. The van der Waals surface area contributed by atoms with Crippen molar-refractivity contribution in [1.29, 1.82) is 0 Å². The van der Waals surface area contributed by atoms with Crippen molar-refractivity contribution < 1.29 is 13.6 Å². The van der Waals surface area contributed by atoms with Crippen LogP contribution in [0.5, 0.6) is 0 Å². The normalized spacial score (nSPS) is 15.2. The molecule has 0 spiro atoms. The molecule has 0 aliphatic carbocycles. The molecule has 1 fully saturated rings. The first-order valence-corrected chi connectivity index (χ1v) is 14.0. The molecule has 3 N–H and O–H groups in total. The van der Waals surface area contributed by atoms with Crippen molar-refractivity contribution >= 4 is 52.1 Å². The molecule has 2 aliphatic heterocycles. The Labute approximate surface area is 245 Å². The van der Waals surface area contributed by atoms with E-state index in [-0.39, 0.29) is 17.6 Å². The summed E-state index contributed by atoms with van der Waals surface area (Å²) in [6.07, 6.45) is 3.63. The molecule has 3 heterocycles. The molecule has 0 bridgehead atoms. The Morgan fingerprint density at radius 2 is 1.76 bits per heavy atom. The number of anilines is 4. The Morgan fingerprint density at radius 3 is 2.51 bits per heavy atom. The number of halogens is 4. The van der Waals surface area contributed by atoms with Gasteiger partial charge in [0.1, 0.15) is 17.3 Å². The van der Waals surface area contributed by atoms with Crippen LogP contribution in [-0.2, 0) is 6.42 Å². The highest BCUT2D eigenvalue weighted by Gasteiger charge is 2.27. The number of nitrogens with zero attached hydrogens (tertiary/aromatic N) is 4. The second-order valence-electron chi connectivity index (χ2n) is 10.2. The summed E-state index contributed by atoms with van der Waals surface area (Å²) in [6, 6.07) is 14.2. The number of aromatic nitrogens is 2. The summed E-state index contributed by atoms with van der Waals surface area (Å²) in [4.78, 5) is 25.8. The second-order valence-corrected chi connectivity index (χ2v) is 11.0.